The van der Waals surface area contributed by atoms with Gasteiger partial charge in [-0.15, -0.1) is 0 Å². The first-order valence-electron chi connectivity index (χ1n) is 13.8. The highest BCUT2D eigenvalue weighted by Crippen LogP contribution is 2.27. The molecule has 0 fully saturated rings. The van der Waals surface area contributed by atoms with Gasteiger partial charge < -0.3 is 15.0 Å². The number of carbonyl (C=O) groups is 2. The van der Waals surface area contributed by atoms with Crippen LogP contribution in [-0.2, 0) is 32.6 Å². The molecule has 0 aliphatic rings. The summed E-state index contributed by atoms with van der Waals surface area (Å²) in [5.74, 6) is -0.365. The number of amides is 2. The maximum Gasteiger partial charge on any atom is 0.264 e. The summed E-state index contributed by atoms with van der Waals surface area (Å²) in [6.07, 6.45) is 0.224. The number of likely N-dealkylation sites (N-methyl/N-ethyl adjacent to an activating group) is 1. The summed E-state index contributed by atoms with van der Waals surface area (Å²) in [6, 6.07) is 29.9. The molecule has 0 bridgehead atoms. The Kier molecular flexibility index (Phi) is 10.8. The van der Waals surface area contributed by atoms with Crippen LogP contribution in [0.4, 0.5) is 5.69 Å². The van der Waals surface area contributed by atoms with E-state index < -0.39 is 28.5 Å². The van der Waals surface area contributed by atoms with Gasteiger partial charge in [0, 0.05) is 25.0 Å². The summed E-state index contributed by atoms with van der Waals surface area (Å²) >= 11 is 6.25. The van der Waals surface area contributed by atoms with Crippen LogP contribution >= 0.6 is 11.6 Å². The van der Waals surface area contributed by atoms with Crippen molar-refractivity contribution in [2.75, 3.05) is 24.5 Å². The van der Waals surface area contributed by atoms with Crippen molar-refractivity contribution >= 4 is 39.1 Å². The lowest BCUT2D eigenvalue weighted by Crippen LogP contribution is -2.53. The molecule has 0 aromatic heterocycles. The van der Waals surface area contributed by atoms with Crippen molar-refractivity contribution in [3.63, 3.8) is 0 Å². The number of hydrogen-bond donors (Lipinski definition) is 1. The van der Waals surface area contributed by atoms with Crippen LogP contribution in [0.3, 0.4) is 0 Å². The van der Waals surface area contributed by atoms with Crippen molar-refractivity contribution in [1.82, 2.24) is 10.2 Å². The average molecular weight is 620 g/mol. The third-order valence-electron chi connectivity index (χ3n) is 6.81. The number of ether oxygens (including phenoxy) is 1. The Hall–Kier alpha value is -4.34. The first kappa shape index (κ1) is 31.6. The molecule has 0 saturated carbocycles. The predicted octanol–water partition coefficient (Wildman–Crippen LogP) is 5.32. The summed E-state index contributed by atoms with van der Waals surface area (Å²) in [7, 11) is -2.67. The second-order valence-corrected chi connectivity index (χ2v) is 12.0. The molecule has 43 heavy (non-hydrogen) atoms. The second kappa shape index (κ2) is 14.7. The van der Waals surface area contributed by atoms with E-state index in [2.05, 4.69) is 5.32 Å². The van der Waals surface area contributed by atoms with Crippen LogP contribution in [0.15, 0.2) is 114 Å². The van der Waals surface area contributed by atoms with E-state index in [1.165, 1.54) is 24.1 Å². The Bertz CT molecular complexity index is 1620. The SMILES string of the molecule is CCOc1ccc(N(CC(=O)N(Cc2cccc(Cl)c2)[C@H](Cc2ccccc2)C(=O)NC)S(=O)(=O)c2ccccc2)cc1. The van der Waals surface area contributed by atoms with Crippen LogP contribution in [0.5, 0.6) is 5.75 Å². The van der Waals surface area contributed by atoms with Gasteiger partial charge in [-0.1, -0.05) is 72.3 Å². The van der Waals surface area contributed by atoms with Crippen LogP contribution in [0, 0.1) is 0 Å². The number of halogens is 1. The van der Waals surface area contributed by atoms with Crippen molar-refractivity contribution in [2.45, 2.75) is 30.8 Å². The molecular weight excluding hydrogens is 586 g/mol. The zero-order valence-electron chi connectivity index (χ0n) is 24.0. The minimum Gasteiger partial charge on any atom is -0.494 e. The standard InChI is InChI=1S/C33H34ClN3O5S/c1-3-42-29-19-17-28(18-20-29)37(43(40,41)30-15-8-5-9-16-30)24-32(38)36(23-26-13-10-14-27(34)21-26)31(33(39)35-2)22-25-11-6-4-7-12-25/h4-21,31H,3,22-24H2,1-2H3,(H,35,39)/t31-/m1/s1. The van der Waals surface area contributed by atoms with Gasteiger partial charge in [0.1, 0.15) is 18.3 Å². The van der Waals surface area contributed by atoms with E-state index in [0.29, 0.717) is 22.9 Å². The smallest absolute Gasteiger partial charge is 0.264 e. The largest absolute Gasteiger partial charge is 0.494 e. The van der Waals surface area contributed by atoms with Crippen molar-refractivity contribution in [3.8, 4) is 5.75 Å². The van der Waals surface area contributed by atoms with Gasteiger partial charge in [0.25, 0.3) is 10.0 Å². The topological polar surface area (TPSA) is 96.0 Å². The number of nitrogens with zero attached hydrogens (tertiary/aromatic N) is 2. The molecular formula is C33H34ClN3O5S. The first-order valence-corrected chi connectivity index (χ1v) is 15.6. The molecule has 0 heterocycles. The van der Waals surface area contributed by atoms with E-state index in [9.17, 15) is 18.0 Å². The van der Waals surface area contributed by atoms with Crippen molar-refractivity contribution < 1.29 is 22.7 Å². The lowest BCUT2D eigenvalue weighted by Gasteiger charge is -2.33. The Labute approximate surface area is 257 Å². The quantitative estimate of drug-likeness (QED) is 0.219. The lowest BCUT2D eigenvalue weighted by atomic mass is 10.0. The van der Waals surface area contributed by atoms with Crippen LogP contribution < -0.4 is 14.4 Å². The maximum absolute atomic E-state index is 14.3. The summed E-state index contributed by atoms with van der Waals surface area (Å²) < 4.78 is 34.6. The van der Waals surface area contributed by atoms with E-state index in [0.717, 1.165) is 9.87 Å². The molecule has 0 radical (unpaired) electrons. The summed E-state index contributed by atoms with van der Waals surface area (Å²) in [4.78, 5) is 29.1. The van der Waals surface area contributed by atoms with Gasteiger partial charge >= 0.3 is 0 Å². The molecule has 0 saturated heterocycles. The monoisotopic (exact) mass is 619 g/mol. The summed E-state index contributed by atoms with van der Waals surface area (Å²) in [5, 5.41) is 3.15. The zero-order chi connectivity index (χ0) is 30.8. The summed E-state index contributed by atoms with van der Waals surface area (Å²) in [6.45, 7) is 1.79. The maximum atomic E-state index is 14.3. The van der Waals surface area contributed by atoms with Gasteiger partial charge in [-0.3, -0.25) is 13.9 Å². The average Bonchev–Trinajstić information content (AvgIpc) is 3.02. The van der Waals surface area contributed by atoms with Crippen LogP contribution in [-0.4, -0.2) is 51.4 Å². The molecule has 2 amide bonds. The zero-order valence-corrected chi connectivity index (χ0v) is 25.6. The van der Waals surface area contributed by atoms with Gasteiger partial charge in [-0.25, -0.2) is 8.42 Å². The molecule has 4 aromatic rings. The van der Waals surface area contributed by atoms with Crippen LogP contribution in [0.1, 0.15) is 18.1 Å². The molecule has 0 unspecified atom stereocenters. The van der Waals surface area contributed by atoms with E-state index >= 15 is 0 Å². The van der Waals surface area contributed by atoms with Gasteiger partial charge in [0.2, 0.25) is 11.8 Å². The van der Waals surface area contributed by atoms with E-state index in [1.54, 1.807) is 66.7 Å². The van der Waals surface area contributed by atoms with Crippen LogP contribution in [0.25, 0.3) is 0 Å². The number of anilines is 1. The highest BCUT2D eigenvalue weighted by Gasteiger charge is 2.34. The van der Waals surface area contributed by atoms with Crippen molar-refractivity contribution in [3.05, 3.63) is 125 Å². The predicted molar refractivity (Wildman–Crippen MR) is 169 cm³/mol. The number of rotatable bonds is 13. The fraction of sp³-hybridized carbons (Fsp3) is 0.212. The minimum atomic E-state index is -4.17. The number of sulfonamides is 1. The van der Waals surface area contributed by atoms with Gasteiger partial charge in [-0.2, -0.15) is 0 Å². The highest BCUT2D eigenvalue weighted by atomic mass is 35.5. The van der Waals surface area contributed by atoms with Crippen molar-refractivity contribution in [1.29, 1.82) is 0 Å². The highest BCUT2D eigenvalue weighted by molar-refractivity contribution is 7.92. The third kappa shape index (κ3) is 8.15. The third-order valence-corrected chi connectivity index (χ3v) is 8.83. The number of benzene rings is 4. The molecule has 0 aliphatic carbocycles. The molecule has 4 rings (SSSR count). The lowest BCUT2D eigenvalue weighted by molar-refractivity contribution is -0.139. The molecule has 0 spiro atoms. The first-order chi connectivity index (χ1) is 20.7. The Morgan fingerprint density at radius 2 is 1.49 bits per heavy atom. The number of carbonyl (C=O) groups excluding carboxylic acids is 2. The molecule has 1 atom stereocenters. The number of nitrogens with one attached hydrogen (secondary N) is 1. The molecule has 10 heteroatoms. The van der Waals surface area contributed by atoms with Crippen LogP contribution in [0.2, 0.25) is 5.02 Å². The minimum absolute atomic E-state index is 0.0326. The molecule has 224 valence electrons. The fourth-order valence-corrected chi connectivity index (χ4v) is 6.32. The number of hydrogen-bond acceptors (Lipinski definition) is 5. The van der Waals surface area contributed by atoms with E-state index in [-0.39, 0.29) is 29.5 Å². The second-order valence-electron chi connectivity index (χ2n) is 9.72. The Morgan fingerprint density at radius 3 is 2.09 bits per heavy atom. The van der Waals surface area contributed by atoms with E-state index in [1.807, 2.05) is 37.3 Å². The fourth-order valence-electron chi connectivity index (χ4n) is 4.68. The van der Waals surface area contributed by atoms with E-state index in [4.69, 9.17) is 16.3 Å². The Balaban J connectivity index is 1.77. The molecule has 8 nitrogen and oxygen atoms in total. The van der Waals surface area contributed by atoms with Gasteiger partial charge in [0.05, 0.1) is 17.2 Å². The van der Waals surface area contributed by atoms with Gasteiger partial charge in [-0.05, 0) is 66.6 Å². The Morgan fingerprint density at radius 1 is 0.860 bits per heavy atom. The van der Waals surface area contributed by atoms with Gasteiger partial charge in [0.15, 0.2) is 0 Å². The normalized spacial score (nSPS) is 11.8. The molecule has 4 aromatic carbocycles. The molecule has 1 N–H and O–H groups in total. The summed E-state index contributed by atoms with van der Waals surface area (Å²) in [5.41, 5.74) is 1.82. The van der Waals surface area contributed by atoms with Crippen molar-refractivity contribution in [2.24, 2.45) is 0 Å². The molecule has 0 aliphatic heterocycles.